The summed E-state index contributed by atoms with van der Waals surface area (Å²) in [6.07, 6.45) is 0. The molecule has 3 amide bonds. The molecule has 0 bridgehead atoms. The highest BCUT2D eigenvalue weighted by Crippen LogP contribution is 2.26. The summed E-state index contributed by atoms with van der Waals surface area (Å²) in [5, 5.41) is 0. The molecule has 10 nitrogen and oxygen atoms in total. The van der Waals surface area contributed by atoms with Crippen LogP contribution in [0, 0.1) is 32.1 Å². The van der Waals surface area contributed by atoms with Crippen molar-refractivity contribution < 1.29 is 14.4 Å². The Morgan fingerprint density at radius 1 is 0.435 bits per heavy atom. The average Bonchev–Trinajstić information content (AvgIpc) is 2.98. The Hall–Kier alpha value is 2.48. The Labute approximate surface area is 391 Å². The van der Waals surface area contributed by atoms with Gasteiger partial charge in [-0.25, -0.2) is 0 Å². The first-order chi connectivity index (χ1) is 21.5. The Morgan fingerprint density at radius 2 is 0.652 bits per heavy atom. The van der Waals surface area contributed by atoms with Crippen molar-refractivity contribution in [2.45, 2.75) is 0 Å². The highest BCUT2D eigenvalue weighted by atomic mass is 127. The van der Waals surface area contributed by atoms with Crippen LogP contribution in [0.4, 0.5) is 0 Å². The van der Waals surface area contributed by atoms with Crippen LogP contribution in [0.25, 0.3) is 0 Å². The molecule has 3 aromatic rings. The fourth-order valence-corrected chi connectivity index (χ4v) is 9.55. The third-order valence-electron chi connectivity index (χ3n) is 5.24. The first kappa shape index (κ1) is 48.5. The number of carbonyl (C=O) groups excluding carboxylic acids is 3. The van der Waals surface area contributed by atoms with E-state index in [0.29, 0.717) is 36.3 Å². The van der Waals surface area contributed by atoms with Crippen molar-refractivity contribution in [1.82, 2.24) is 4.90 Å². The van der Waals surface area contributed by atoms with E-state index >= 15 is 0 Å². The van der Waals surface area contributed by atoms with E-state index in [1.165, 1.54) is 0 Å². The zero-order valence-corrected chi connectivity index (χ0v) is 43.2. The van der Waals surface area contributed by atoms with Crippen LogP contribution in [0.3, 0.4) is 0 Å². The maximum absolute atomic E-state index is 10.9. The fourth-order valence-electron chi connectivity index (χ4n) is 3.03. The van der Waals surface area contributed by atoms with Gasteiger partial charge < -0.3 is 34.4 Å². The van der Waals surface area contributed by atoms with Gasteiger partial charge in [0.2, 0.25) is 17.7 Å². The van der Waals surface area contributed by atoms with Gasteiger partial charge in [-0.2, -0.15) is 0 Å². The summed E-state index contributed by atoms with van der Waals surface area (Å²) in [5.74, 6) is -1.10. The lowest BCUT2D eigenvalue weighted by Gasteiger charge is -2.18. The number of primary amides is 3. The van der Waals surface area contributed by atoms with E-state index in [1.807, 2.05) is 18.2 Å². The average molecular weight is 1640 g/mol. The van der Waals surface area contributed by atoms with E-state index in [0.717, 1.165) is 51.8 Å². The van der Waals surface area contributed by atoms with Crippen molar-refractivity contribution in [1.29, 1.82) is 0 Å². The van der Waals surface area contributed by atoms with Gasteiger partial charge in [0.05, 0.1) is 16.7 Å². The van der Waals surface area contributed by atoms with Crippen LogP contribution >= 0.6 is 203 Å². The van der Waals surface area contributed by atoms with Gasteiger partial charge in [0.1, 0.15) is 0 Å². The Balaban J connectivity index is 0.000000589. The molecule has 3 rings (SSSR count). The number of nitrogens with two attached hydrogens (primary N) is 6. The molecule has 0 aromatic heterocycles. The predicted octanol–water partition coefficient (Wildman–Crippen LogP) is 5.96. The molecule has 0 heterocycles. The number of hydrogen-bond donors (Lipinski definition) is 6. The van der Waals surface area contributed by atoms with E-state index < -0.39 is 0 Å². The second kappa shape index (κ2) is 26.3. The lowest BCUT2D eigenvalue weighted by Crippen LogP contribution is -2.37. The van der Waals surface area contributed by atoms with Crippen molar-refractivity contribution >= 4 is 221 Å². The Kier molecular flexibility index (Phi) is 27.7. The second-order valence-corrected chi connectivity index (χ2v) is 18.4. The molecular formula is C27H30I9N7O3. The summed E-state index contributed by atoms with van der Waals surface area (Å²) in [6.45, 7) is 4.73. The van der Waals surface area contributed by atoms with Crippen LogP contribution in [0.2, 0.25) is 0 Å². The van der Waals surface area contributed by atoms with Crippen molar-refractivity contribution in [2.24, 2.45) is 34.4 Å². The van der Waals surface area contributed by atoms with Crippen LogP contribution in [0.15, 0.2) is 36.4 Å². The summed E-state index contributed by atoms with van der Waals surface area (Å²) in [6, 6.07) is 11.0. The molecule has 0 fully saturated rings. The lowest BCUT2D eigenvalue weighted by atomic mass is 10.2. The molecule has 0 spiro atoms. The van der Waals surface area contributed by atoms with Crippen LogP contribution in [0.1, 0.15) is 31.1 Å². The van der Waals surface area contributed by atoms with E-state index in [4.69, 9.17) is 34.4 Å². The number of amides is 3. The second-order valence-electron chi connectivity index (χ2n) is 8.47. The van der Waals surface area contributed by atoms with Crippen LogP contribution in [0.5, 0.6) is 0 Å². The summed E-state index contributed by atoms with van der Waals surface area (Å²) >= 11 is 19.7. The molecule has 0 aliphatic heterocycles. The van der Waals surface area contributed by atoms with Gasteiger partial charge in [-0.05, 0) is 240 Å². The SMILES string of the molecule is NC(=O)c1ccc(I)c(I)c1I.NC(=O)c1ccc(I)c(I)c1I.NC(=O)c1ccc(I)c(I)c1I.NCCN(CCN)CCN. The van der Waals surface area contributed by atoms with Crippen LogP contribution in [-0.4, -0.2) is 61.9 Å². The normalized spacial score (nSPS) is 10.1. The fraction of sp³-hybridized carbons (Fsp3) is 0.222. The largest absolute Gasteiger partial charge is 0.366 e. The molecule has 254 valence electrons. The van der Waals surface area contributed by atoms with Gasteiger partial charge >= 0.3 is 0 Å². The molecular weight excluding hydrogens is 1610 g/mol. The van der Waals surface area contributed by atoms with E-state index in [9.17, 15) is 14.4 Å². The first-order valence-corrected chi connectivity index (χ1v) is 22.3. The molecule has 0 unspecified atom stereocenters. The lowest BCUT2D eigenvalue weighted by molar-refractivity contribution is 0.0991. The summed E-state index contributed by atoms with van der Waals surface area (Å²) in [4.78, 5) is 34.9. The van der Waals surface area contributed by atoms with Crippen LogP contribution in [-0.2, 0) is 0 Å². The van der Waals surface area contributed by atoms with Crippen molar-refractivity contribution in [2.75, 3.05) is 39.3 Å². The molecule has 0 aliphatic carbocycles. The van der Waals surface area contributed by atoms with Gasteiger partial charge in [-0.15, -0.1) is 0 Å². The van der Waals surface area contributed by atoms with Gasteiger partial charge in [0.25, 0.3) is 0 Å². The van der Waals surface area contributed by atoms with Gasteiger partial charge in [0, 0.05) is 71.4 Å². The smallest absolute Gasteiger partial charge is 0.249 e. The molecule has 0 saturated heterocycles. The van der Waals surface area contributed by atoms with Gasteiger partial charge in [-0.3, -0.25) is 19.3 Å². The standard InChI is InChI=1S/3C7H4I3NO.C6H18N4/c3*8-4-2-1-3(7(11)12)5(9)6(4)10;7-1-4-10(5-2-8)6-3-9/h3*1-2H,(H2,11,12);1-9H2. The van der Waals surface area contributed by atoms with E-state index in [1.54, 1.807) is 18.2 Å². The maximum atomic E-state index is 10.9. The summed E-state index contributed by atoms with van der Waals surface area (Å²) in [5.41, 5.74) is 33.4. The minimum atomic E-state index is -0.367. The third-order valence-corrected chi connectivity index (χ3v) is 20.8. The summed E-state index contributed by atoms with van der Waals surface area (Å²) < 4.78 is 9.50. The van der Waals surface area contributed by atoms with Crippen molar-refractivity contribution in [3.05, 3.63) is 85.2 Å². The molecule has 12 N–H and O–H groups in total. The number of nitrogens with zero attached hydrogens (tertiary/aromatic N) is 1. The molecule has 46 heavy (non-hydrogen) atoms. The number of benzene rings is 3. The predicted molar refractivity (Wildman–Crippen MR) is 263 cm³/mol. The van der Waals surface area contributed by atoms with Gasteiger partial charge in [0.15, 0.2) is 0 Å². The number of halogens is 9. The van der Waals surface area contributed by atoms with Crippen molar-refractivity contribution in [3.8, 4) is 0 Å². The van der Waals surface area contributed by atoms with Crippen LogP contribution < -0.4 is 34.4 Å². The monoisotopic (exact) mass is 1640 g/mol. The minimum Gasteiger partial charge on any atom is -0.366 e. The maximum Gasteiger partial charge on any atom is 0.249 e. The third kappa shape index (κ3) is 17.3. The Morgan fingerprint density at radius 3 is 0.826 bits per heavy atom. The number of hydrogen-bond acceptors (Lipinski definition) is 7. The molecule has 3 aromatic carbocycles. The molecule has 0 atom stereocenters. The molecule has 0 aliphatic rings. The zero-order chi connectivity index (χ0) is 35.7. The number of carbonyl (C=O) groups is 3. The minimum absolute atomic E-state index is 0.367. The molecule has 0 radical (unpaired) electrons. The molecule has 19 heteroatoms. The Bertz CT molecular complexity index is 1320. The van der Waals surface area contributed by atoms with E-state index in [2.05, 4.69) is 208 Å². The molecule has 0 saturated carbocycles. The van der Waals surface area contributed by atoms with E-state index in [-0.39, 0.29) is 17.7 Å². The topological polar surface area (TPSA) is 211 Å². The highest BCUT2D eigenvalue weighted by Gasteiger charge is 2.12. The summed E-state index contributed by atoms with van der Waals surface area (Å²) in [7, 11) is 0. The number of rotatable bonds is 9. The quantitative estimate of drug-likeness (QED) is 0.112. The van der Waals surface area contributed by atoms with Gasteiger partial charge in [-0.1, -0.05) is 0 Å². The highest BCUT2D eigenvalue weighted by molar-refractivity contribution is 14.1. The van der Waals surface area contributed by atoms with Crippen molar-refractivity contribution in [3.63, 3.8) is 0 Å². The zero-order valence-electron chi connectivity index (χ0n) is 23.7. The first-order valence-electron chi connectivity index (χ1n) is 12.6.